The minimum absolute atomic E-state index is 0.0687. The van der Waals surface area contributed by atoms with Crippen LogP contribution >= 0.6 is 11.8 Å². The second-order valence-electron chi connectivity index (χ2n) is 5.64. The Morgan fingerprint density at radius 3 is 2.46 bits per heavy atom. The summed E-state index contributed by atoms with van der Waals surface area (Å²) in [5, 5.41) is 15.6. The van der Waals surface area contributed by atoms with Gasteiger partial charge in [-0.05, 0) is 37.3 Å². The van der Waals surface area contributed by atoms with Crippen molar-refractivity contribution >= 4 is 29.4 Å². The summed E-state index contributed by atoms with van der Waals surface area (Å²) in [5.74, 6) is 0. The SMILES string of the molecule is Cc1ccc(Sc2ccc(C=NNc3ccccc3)cc2[N+](=O)[O-])cc1. The van der Waals surface area contributed by atoms with E-state index in [1.165, 1.54) is 17.8 Å². The van der Waals surface area contributed by atoms with Gasteiger partial charge in [0.25, 0.3) is 5.69 Å². The summed E-state index contributed by atoms with van der Waals surface area (Å²) in [6.07, 6.45) is 1.57. The van der Waals surface area contributed by atoms with Crippen LogP contribution in [-0.4, -0.2) is 11.1 Å². The molecule has 26 heavy (non-hydrogen) atoms. The van der Waals surface area contributed by atoms with Gasteiger partial charge in [0.15, 0.2) is 0 Å². The van der Waals surface area contributed by atoms with E-state index in [-0.39, 0.29) is 10.6 Å². The molecule has 0 aliphatic carbocycles. The number of hydrogen-bond acceptors (Lipinski definition) is 5. The van der Waals surface area contributed by atoms with Crippen LogP contribution < -0.4 is 5.43 Å². The highest BCUT2D eigenvalue weighted by atomic mass is 32.2. The van der Waals surface area contributed by atoms with Crippen LogP contribution in [0.25, 0.3) is 0 Å². The fourth-order valence-electron chi connectivity index (χ4n) is 2.27. The van der Waals surface area contributed by atoms with Gasteiger partial charge in [-0.1, -0.05) is 53.7 Å². The number of nitrogens with zero attached hydrogens (tertiary/aromatic N) is 2. The van der Waals surface area contributed by atoms with E-state index in [9.17, 15) is 10.1 Å². The summed E-state index contributed by atoms with van der Waals surface area (Å²) in [6.45, 7) is 2.01. The Balaban J connectivity index is 1.78. The number of rotatable bonds is 6. The fraction of sp³-hybridized carbons (Fsp3) is 0.0500. The normalized spacial score (nSPS) is 10.8. The van der Waals surface area contributed by atoms with E-state index in [0.29, 0.717) is 10.5 Å². The zero-order valence-corrected chi connectivity index (χ0v) is 14.9. The van der Waals surface area contributed by atoms with E-state index in [1.807, 2.05) is 67.6 Å². The molecule has 1 N–H and O–H groups in total. The average molecular weight is 363 g/mol. The molecule has 0 saturated carbocycles. The highest BCUT2D eigenvalue weighted by Gasteiger charge is 2.15. The van der Waals surface area contributed by atoms with Crippen molar-refractivity contribution in [2.75, 3.05) is 5.43 Å². The standard InChI is InChI=1S/C20H17N3O2S/c1-15-7-10-18(11-8-15)26-20-12-9-16(13-19(20)23(24)25)14-21-22-17-5-3-2-4-6-17/h2-14,22H,1H3. The molecule has 0 atom stereocenters. The molecule has 0 aromatic heterocycles. The van der Waals surface area contributed by atoms with Gasteiger partial charge in [0.05, 0.1) is 21.7 Å². The molecule has 0 heterocycles. The molecule has 6 heteroatoms. The lowest BCUT2D eigenvalue weighted by atomic mass is 10.2. The van der Waals surface area contributed by atoms with E-state index < -0.39 is 0 Å². The monoisotopic (exact) mass is 363 g/mol. The molecule has 3 rings (SSSR count). The maximum absolute atomic E-state index is 11.4. The molecule has 0 radical (unpaired) electrons. The molecule has 5 nitrogen and oxygen atoms in total. The van der Waals surface area contributed by atoms with Crippen molar-refractivity contribution in [3.8, 4) is 0 Å². The number of hydrogen-bond donors (Lipinski definition) is 1. The maximum Gasteiger partial charge on any atom is 0.283 e. The van der Waals surface area contributed by atoms with Crippen molar-refractivity contribution < 1.29 is 4.92 Å². The van der Waals surface area contributed by atoms with Crippen LogP contribution in [0.1, 0.15) is 11.1 Å². The van der Waals surface area contributed by atoms with Crippen molar-refractivity contribution in [3.05, 3.63) is 94.0 Å². The van der Waals surface area contributed by atoms with Crippen molar-refractivity contribution in [2.45, 2.75) is 16.7 Å². The number of nitrogens with one attached hydrogen (secondary N) is 1. The highest BCUT2D eigenvalue weighted by molar-refractivity contribution is 7.99. The number of anilines is 1. The molecule has 0 amide bonds. The Morgan fingerprint density at radius 2 is 1.77 bits per heavy atom. The van der Waals surface area contributed by atoms with E-state index in [2.05, 4.69) is 10.5 Å². The number of para-hydroxylation sites is 1. The van der Waals surface area contributed by atoms with Crippen LogP contribution in [0.2, 0.25) is 0 Å². The number of nitro groups is 1. The van der Waals surface area contributed by atoms with E-state index in [4.69, 9.17) is 0 Å². The summed E-state index contributed by atoms with van der Waals surface area (Å²) in [7, 11) is 0. The zero-order valence-electron chi connectivity index (χ0n) is 14.1. The van der Waals surface area contributed by atoms with Crippen LogP contribution in [0.4, 0.5) is 11.4 Å². The minimum atomic E-state index is -0.363. The molecular weight excluding hydrogens is 346 g/mol. The first-order chi connectivity index (χ1) is 12.6. The van der Waals surface area contributed by atoms with Gasteiger partial charge in [-0.25, -0.2) is 0 Å². The van der Waals surface area contributed by atoms with Gasteiger partial charge in [-0.15, -0.1) is 0 Å². The predicted octanol–water partition coefficient (Wildman–Crippen LogP) is 5.50. The van der Waals surface area contributed by atoms with E-state index in [0.717, 1.165) is 16.1 Å². The zero-order chi connectivity index (χ0) is 18.4. The summed E-state index contributed by atoms with van der Waals surface area (Å²) < 4.78 is 0. The average Bonchev–Trinajstić information content (AvgIpc) is 2.65. The smallest absolute Gasteiger partial charge is 0.279 e. The van der Waals surface area contributed by atoms with Gasteiger partial charge in [0.1, 0.15) is 0 Å². The van der Waals surface area contributed by atoms with Crippen molar-refractivity contribution in [1.82, 2.24) is 0 Å². The third-order valence-electron chi connectivity index (χ3n) is 3.61. The largest absolute Gasteiger partial charge is 0.283 e. The Hall–Kier alpha value is -3.12. The van der Waals surface area contributed by atoms with Gasteiger partial charge < -0.3 is 0 Å². The molecule has 0 spiro atoms. The lowest BCUT2D eigenvalue weighted by Crippen LogP contribution is -1.95. The van der Waals surface area contributed by atoms with Crippen LogP contribution in [-0.2, 0) is 0 Å². The van der Waals surface area contributed by atoms with Gasteiger partial charge in [-0.3, -0.25) is 15.5 Å². The van der Waals surface area contributed by atoms with Gasteiger partial charge in [-0.2, -0.15) is 5.10 Å². The van der Waals surface area contributed by atoms with Gasteiger partial charge >= 0.3 is 0 Å². The molecule has 3 aromatic rings. The quantitative estimate of drug-likeness (QED) is 0.357. The number of nitro benzene ring substituents is 1. The molecule has 3 aromatic carbocycles. The van der Waals surface area contributed by atoms with Crippen LogP contribution in [0, 0.1) is 17.0 Å². The van der Waals surface area contributed by atoms with Crippen LogP contribution in [0.5, 0.6) is 0 Å². The second kappa shape index (κ2) is 8.31. The van der Waals surface area contributed by atoms with Gasteiger partial charge in [0.2, 0.25) is 0 Å². The molecule has 130 valence electrons. The first kappa shape index (κ1) is 17.7. The molecule has 0 fully saturated rings. The summed E-state index contributed by atoms with van der Waals surface area (Å²) >= 11 is 1.38. The molecule has 0 bridgehead atoms. The molecule has 0 aliphatic rings. The Kier molecular flexibility index (Phi) is 5.66. The van der Waals surface area contributed by atoms with Gasteiger partial charge in [0, 0.05) is 16.5 Å². The van der Waals surface area contributed by atoms with E-state index in [1.54, 1.807) is 12.3 Å². The summed E-state index contributed by atoms with van der Waals surface area (Å²) in [5.41, 5.74) is 5.63. The molecule has 0 saturated heterocycles. The van der Waals surface area contributed by atoms with Crippen LogP contribution in [0.3, 0.4) is 0 Å². The van der Waals surface area contributed by atoms with Crippen molar-refractivity contribution in [1.29, 1.82) is 0 Å². The third kappa shape index (κ3) is 4.70. The molecule has 0 unspecified atom stereocenters. The number of hydrazone groups is 1. The van der Waals surface area contributed by atoms with Crippen molar-refractivity contribution in [3.63, 3.8) is 0 Å². The van der Waals surface area contributed by atoms with Crippen LogP contribution in [0.15, 0.2) is 87.7 Å². The topological polar surface area (TPSA) is 67.5 Å². The lowest BCUT2D eigenvalue weighted by Gasteiger charge is -2.05. The minimum Gasteiger partial charge on any atom is -0.279 e. The first-order valence-electron chi connectivity index (χ1n) is 7.99. The Labute approximate surface area is 155 Å². The molecular formula is C20H17N3O2S. The Morgan fingerprint density at radius 1 is 1.04 bits per heavy atom. The number of aryl methyl sites for hydroxylation is 1. The third-order valence-corrected chi connectivity index (χ3v) is 4.68. The first-order valence-corrected chi connectivity index (χ1v) is 8.80. The summed E-state index contributed by atoms with van der Waals surface area (Å²) in [4.78, 5) is 12.7. The van der Waals surface area contributed by atoms with Crippen molar-refractivity contribution in [2.24, 2.45) is 5.10 Å². The van der Waals surface area contributed by atoms with E-state index >= 15 is 0 Å². The lowest BCUT2D eigenvalue weighted by molar-refractivity contribution is -0.387. The molecule has 0 aliphatic heterocycles. The predicted molar refractivity (Wildman–Crippen MR) is 106 cm³/mol. The maximum atomic E-state index is 11.4. The highest BCUT2D eigenvalue weighted by Crippen LogP contribution is 2.35. The second-order valence-corrected chi connectivity index (χ2v) is 6.75. The fourth-order valence-corrected chi connectivity index (χ4v) is 3.17. The Bertz CT molecular complexity index is 926. The summed E-state index contributed by atoms with van der Waals surface area (Å²) in [6, 6.07) is 22.5. The number of benzene rings is 3.